The van der Waals surface area contributed by atoms with Crippen LogP contribution in [0.1, 0.15) is 22.6 Å². The highest BCUT2D eigenvalue weighted by atomic mass is 35.5. The first kappa shape index (κ1) is 21.8. The first-order chi connectivity index (χ1) is 14.9. The van der Waals surface area contributed by atoms with E-state index in [-0.39, 0.29) is 0 Å². The molecule has 3 heterocycles. The molecule has 1 fully saturated rings. The molecule has 1 aliphatic rings. The van der Waals surface area contributed by atoms with Crippen molar-refractivity contribution >= 4 is 35.0 Å². The minimum atomic E-state index is 0.617. The van der Waals surface area contributed by atoms with Gasteiger partial charge in [0.25, 0.3) is 5.95 Å². The molecule has 0 atom stereocenters. The van der Waals surface area contributed by atoms with Crippen LogP contribution in [0.4, 0.5) is 5.69 Å². The van der Waals surface area contributed by atoms with Gasteiger partial charge in [-0.25, -0.2) is 14.6 Å². The Morgan fingerprint density at radius 1 is 0.968 bits per heavy atom. The number of aryl methyl sites for hydroxylation is 2. The van der Waals surface area contributed by atoms with Crippen LogP contribution in [0.25, 0.3) is 12.0 Å². The van der Waals surface area contributed by atoms with E-state index in [9.17, 15) is 0 Å². The molecule has 0 N–H and O–H groups in total. The lowest BCUT2D eigenvalue weighted by atomic mass is 10.2. The zero-order valence-corrected chi connectivity index (χ0v) is 19.5. The van der Waals surface area contributed by atoms with Gasteiger partial charge in [-0.05, 0) is 45.0 Å². The third-order valence-corrected chi connectivity index (χ3v) is 6.03. The average Bonchev–Trinajstić information content (AvgIpc) is 3.08. The van der Waals surface area contributed by atoms with Crippen LogP contribution in [0.2, 0.25) is 10.0 Å². The van der Waals surface area contributed by atoms with Crippen LogP contribution >= 0.6 is 23.2 Å². The molecular weight excluding hydrogens is 431 g/mol. The van der Waals surface area contributed by atoms with E-state index in [4.69, 9.17) is 23.2 Å². The number of piperazine rings is 1. The van der Waals surface area contributed by atoms with Crippen LogP contribution in [0.5, 0.6) is 0 Å². The number of rotatable bonds is 5. The van der Waals surface area contributed by atoms with Gasteiger partial charge in [0.1, 0.15) is 0 Å². The lowest BCUT2D eigenvalue weighted by Crippen LogP contribution is -2.46. The second-order valence-corrected chi connectivity index (χ2v) is 8.68. The predicted molar refractivity (Wildman–Crippen MR) is 128 cm³/mol. The van der Waals surface area contributed by atoms with Crippen molar-refractivity contribution in [3.05, 3.63) is 69.2 Å². The van der Waals surface area contributed by atoms with Gasteiger partial charge in [-0.2, -0.15) is 5.10 Å². The second kappa shape index (κ2) is 9.39. The van der Waals surface area contributed by atoms with E-state index >= 15 is 0 Å². The Morgan fingerprint density at radius 2 is 1.68 bits per heavy atom. The Morgan fingerprint density at radius 3 is 2.35 bits per heavy atom. The molecule has 6 nitrogen and oxygen atoms in total. The fraction of sp³-hybridized carbons (Fsp3) is 0.348. The topological polar surface area (TPSA) is 50.1 Å². The molecule has 0 bridgehead atoms. The Labute approximate surface area is 193 Å². The molecule has 0 aliphatic carbocycles. The molecule has 1 aromatic carbocycles. The smallest absolute Gasteiger partial charge is 0.251 e. The van der Waals surface area contributed by atoms with E-state index in [0.29, 0.717) is 16.0 Å². The number of anilines is 1. The van der Waals surface area contributed by atoms with E-state index in [1.807, 2.05) is 45.2 Å². The van der Waals surface area contributed by atoms with Crippen LogP contribution in [0.3, 0.4) is 0 Å². The number of hydrogen-bond acceptors (Lipinski definition) is 5. The third kappa shape index (κ3) is 5.09. The monoisotopic (exact) mass is 456 g/mol. The van der Waals surface area contributed by atoms with Crippen molar-refractivity contribution in [3.8, 4) is 5.95 Å². The van der Waals surface area contributed by atoms with E-state index in [2.05, 4.69) is 37.0 Å². The Balaban J connectivity index is 1.35. The molecule has 2 aromatic heterocycles. The van der Waals surface area contributed by atoms with E-state index in [1.165, 1.54) is 0 Å². The van der Waals surface area contributed by atoms with E-state index in [0.717, 1.165) is 61.1 Å². The zero-order chi connectivity index (χ0) is 22.0. The zero-order valence-electron chi connectivity index (χ0n) is 18.0. The van der Waals surface area contributed by atoms with E-state index in [1.54, 1.807) is 10.7 Å². The van der Waals surface area contributed by atoms with Gasteiger partial charge in [-0.3, -0.25) is 4.90 Å². The molecule has 0 amide bonds. The fourth-order valence-corrected chi connectivity index (χ4v) is 4.36. The summed E-state index contributed by atoms with van der Waals surface area (Å²) in [5.74, 6) is 0.617. The summed E-state index contributed by atoms with van der Waals surface area (Å²) in [4.78, 5) is 13.8. The van der Waals surface area contributed by atoms with Crippen LogP contribution in [-0.4, -0.2) is 57.4 Å². The predicted octanol–water partition coefficient (Wildman–Crippen LogP) is 4.73. The van der Waals surface area contributed by atoms with Crippen molar-refractivity contribution in [3.63, 3.8) is 0 Å². The van der Waals surface area contributed by atoms with Gasteiger partial charge < -0.3 is 4.90 Å². The molecule has 1 saturated heterocycles. The quantitative estimate of drug-likeness (QED) is 0.555. The van der Waals surface area contributed by atoms with Gasteiger partial charge in [0.15, 0.2) is 0 Å². The molecule has 0 unspecified atom stereocenters. The first-order valence-corrected chi connectivity index (χ1v) is 11.1. The molecule has 0 saturated carbocycles. The summed E-state index contributed by atoms with van der Waals surface area (Å²) in [5.41, 5.74) is 5.04. The third-order valence-electron chi connectivity index (χ3n) is 5.49. The van der Waals surface area contributed by atoms with Crippen molar-refractivity contribution in [1.29, 1.82) is 0 Å². The van der Waals surface area contributed by atoms with Crippen molar-refractivity contribution in [2.24, 2.45) is 0 Å². The van der Waals surface area contributed by atoms with Crippen LogP contribution < -0.4 is 4.90 Å². The lowest BCUT2D eigenvalue weighted by Gasteiger charge is -2.36. The largest absolute Gasteiger partial charge is 0.368 e. The van der Waals surface area contributed by atoms with Crippen molar-refractivity contribution < 1.29 is 0 Å². The van der Waals surface area contributed by atoms with Gasteiger partial charge in [0.2, 0.25) is 0 Å². The SMILES string of the molecule is Cc1cc(C)nc(-n2ncc(/C=C/CN3CCN(c4ccc(Cl)cc4Cl)CC3)c2C)n1. The summed E-state index contributed by atoms with van der Waals surface area (Å²) in [6.45, 7) is 10.7. The molecule has 4 rings (SSSR count). The second-order valence-electron chi connectivity index (χ2n) is 7.83. The molecule has 162 valence electrons. The van der Waals surface area contributed by atoms with Crippen LogP contribution in [-0.2, 0) is 0 Å². The minimum Gasteiger partial charge on any atom is -0.368 e. The summed E-state index contributed by atoms with van der Waals surface area (Å²) in [6, 6.07) is 7.66. The highest BCUT2D eigenvalue weighted by Gasteiger charge is 2.18. The maximum atomic E-state index is 6.36. The van der Waals surface area contributed by atoms with Gasteiger partial charge in [0.05, 0.1) is 22.6 Å². The number of aromatic nitrogens is 4. The van der Waals surface area contributed by atoms with Gasteiger partial charge in [-0.15, -0.1) is 0 Å². The molecule has 3 aromatic rings. The summed E-state index contributed by atoms with van der Waals surface area (Å²) >= 11 is 12.4. The molecule has 1 aliphatic heterocycles. The lowest BCUT2D eigenvalue weighted by molar-refractivity contribution is 0.284. The highest BCUT2D eigenvalue weighted by molar-refractivity contribution is 6.36. The Bertz CT molecular complexity index is 1080. The summed E-state index contributed by atoms with van der Waals surface area (Å²) < 4.78 is 1.80. The van der Waals surface area contributed by atoms with Crippen molar-refractivity contribution in [2.75, 3.05) is 37.6 Å². The summed E-state index contributed by atoms with van der Waals surface area (Å²) in [5, 5.41) is 5.87. The summed E-state index contributed by atoms with van der Waals surface area (Å²) in [7, 11) is 0. The maximum Gasteiger partial charge on any atom is 0.251 e. The van der Waals surface area contributed by atoms with Crippen LogP contribution in [0, 0.1) is 20.8 Å². The van der Waals surface area contributed by atoms with E-state index < -0.39 is 0 Å². The van der Waals surface area contributed by atoms with Gasteiger partial charge >= 0.3 is 0 Å². The number of halogens is 2. The molecule has 8 heteroatoms. The summed E-state index contributed by atoms with van der Waals surface area (Å²) in [6.07, 6.45) is 6.19. The molecule has 0 radical (unpaired) electrons. The average molecular weight is 457 g/mol. The minimum absolute atomic E-state index is 0.617. The molecular formula is C23H26Cl2N6. The Kier molecular flexibility index (Phi) is 6.60. The van der Waals surface area contributed by atoms with Gasteiger partial charge in [0, 0.05) is 54.7 Å². The standard InChI is InChI=1S/C23H26Cl2N6/c1-16-13-17(2)28-23(27-16)31-18(3)19(15-26-31)5-4-8-29-9-11-30(12-10-29)22-7-6-20(24)14-21(22)25/h4-7,13-15H,8-12H2,1-3H3/b5-4+. The Hall–Kier alpha value is -2.41. The fourth-order valence-electron chi connectivity index (χ4n) is 3.83. The molecule has 31 heavy (non-hydrogen) atoms. The van der Waals surface area contributed by atoms with Crippen LogP contribution in [0.15, 0.2) is 36.5 Å². The highest BCUT2D eigenvalue weighted by Crippen LogP contribution is 2.29. The number of hydrogen-bond donors (Lipinski definition) is 0. The van der Waals surface area contributed by atoms with Gasteiger partial charge in [-0.1, -0.05) is 35.4 Å². The first-order valence-electron chi connectivity index (χ1n) is 10.4. The van der Waals surface area contributed by atoms with Crippen molar-refractivity contribution in [2.45, 2.75) is 20.8 Å². The van der Waals surface area contributed by atoms with Crippen molar-refractivity contribution in [1.82, 2.24) is 24.6 Å². The number of benzene rings is 1. The maximum absolute atomic E-state index is 6.36. The number of nitrogens with zero attached hydrogens (tertiary/aromatic N) is 6. The molecule has 0 spiro atoms. The normalized spacial score (nSPS) is 15.2.